The van der Waals surface area contributed by atoms with Crippen LogP contribution in [0.4, 0.5) is 5.69 Å². The topological polar surface area (TPSA) is 64.9 Å². The van der Waals surface area contributed by atoms with Gasteiger partial charge in [-0.1, -0.05) is 60.5 Å². The molecule has 0 radical (unpaired) electrons. The molecule has 0 aliphatic heterocycles. The number of benzene rings is 2. The fourth-order valence-electron chi connectivity index (χ4n) is 2.31. The predicted molar refractivity (Wildman–Crippen MR) is 106 cm³/mol. The fraction of sp³-hybridized carbons (Fsp3) is 0.200. The van der Waals surface area contributed by atoms with E-state index in [1.165, 1.54) is 11.8 Å². The molecular weight excluding hydrogens is 369 g/mol. The highest BCUT2D eigenvalue weighted by Crippen LogP contribution is 2.29. The lowest BCUT2D eigenvalue weighted by molar-refractivity contribution is -0.117. The van der Waals surface area contributed by atoms with Crippen LogP contribution >= 0.6 is 23.2 Å². The van der Waals surface area contributed by atoms with Crippen molar-refractivity contribution in [1.29, 1.82) is 5.26 Å². The Morgan fingerprint density at radius 1 is 1.23 bits per heavy atom. The van der Waals surface area contributed by atoms with Gasteiger partial charge in [0, 0.05) is 6.20 Å². The fourth-order valence-corrected chi connectivity index (χ4v) is 2.67. The molecule has 0 aliphatic carbocycles. The lowest BCUT2D eigenvalue weighted by Crippen LogP contribution is -2.28. The van der Waals surface area contributed by atoms with E-state index in [4.69, 9.17) is 23.2 Å². The van der Waals surface area contributed by atoms with Gasteiger partial charge in [-0.2, -0.15) is 5.26 Å². The van der Waals surface area contributed by atoms with Gasteiger partial charge in [0.25, 0.3) is 5.91 Å². The molecule has 2 rings (SSSR count). The Kier molecular flexibility index (Phi) is 7.08. The van der Waals surface area contributed by atoms with Crippen LogP contribution < -0.4 is 10.6 Å². The normalized spacial score (nSPS) is 12.2. The molecule has 0 aliphatic rings. The van der Waals surface area contributed by atoms with Crippen molar-refractivity contribution < 1.29 is 4.79 Å². The molecule has 2 aromatic rings. The molecule has 1 unspecified atom stereocenters. The number of amides is 1. The SMILES string of the molecule is CCc1ccc(C(C)NC(=O)/C(C#N)=C\Nc2cccc(Cl)c2Cl)cc1. The van der Waals surface area contributed by atoms with Crippen molar-refractivity contribution in [2.45, 2.75) is 26.3 Å². The number of aryl methyl sites for hydroxylation is 1. The molecule has 2 aromatic carbocycles. The highest BCUT2D eigenvalue weighted by Gasteiger charge is 2.14. The number of carbonyl (C=O) groups is 1. The van der Waals surface area contributed by atoms with E-state index in [2.05, 4.69) is 17.6 Å². The molecule has 0 bridgehead atoms. The molecule has 0 spiro atoms. The molecule has 0 saturated carbocycles. The first-order valence-electron chi connectivity index (χ1n) is 8.16. The summed E-state index contributed by atoms with van der Waals surface area (Å²) < 4.78 is 0. The van der Waals surface area contributed by atoms with Gasteiger partial charge in [-0.05, 0) is 36.6 Å². The van der Waals surface area contributed by atoms with Crippen LogP contribution in [0.25, 0.3) is 0 Å². The van der Waals surface area contributed by atoms with Crippen LogP contribution in [0, 0.1) is 11.3 Å². The zero-order chi connectivity index (χ0) is 19.1. The quantitative estimate of drug-likeness (QED) is 0.525. The van der Waals surface area contributed by atoms with Crippen molar-refractivity contribution >= 4 is 34.8 Å². The average Bonchev–Trinajstić information content (AvgIpc) is 2.65. The highest BCUT2D eigenvalue weighted by molar-refractivity contribution is 6.43. The summed E-state index contributed by atoms with van der Waals surface area (Å²) in [5, 5.41) is 15.7. The van der Waals surface area contributed by atoms with Gasteiger partial charge in [0.1, 0.15) is 11.6 Å². The summed E-state index contributed by atoms with van der Waals surface area (Å²) in [5.74, 6) is -0.467. The third-order valence-electron chi connectivity index (χ3n) is 3.92. The molecule has 1 atom stereocenters. The van der Waals surface area contributed by atoms with Gasteiger partial charge in [-0.25, -0.2) is 0 Å². The minimum Gasteiger partial charge on any atom is -0.359 e. The predicted octanol–water partition coefficient (Wildman–Crippen LogP) is 5.25. The van der Waals surface area contributed by atoms with Crippen LogP contribution in [-0.2, 0) is 11.2 Å². The maximum Gasteiger partial charge on any atom is 0.263 e. The van der Waals surface area contributed by atoms with Crippen LogP contribution in [0.5, 0.6) is 0 Å². The molecule has 1 amide bonds. The van der Waals surface area contributed by atoms with E-state index in [0.29, 0.717) is 15.7 Å². The van der Waals surface area contributed by atoms with Crippen LogP contribution in [0.1, 0.15) is 31.0 Å². The van der Waals surface area contributed by atoms with Crippen LogP contribution in [0.3, 0.4) is 0 Å². The van der Waals surface area contributed by atoms with Crippen LogP contribution in [0.15, 0.2) is 54.2 Å². The zero-order valence-corrected chi connectivity index (χ0v) is 16.0. The minimum absolute atomic E-state index is 0.0573. The minimum atomic E-state index is -0.467. The van der Waals surface area contributed by atoms with E-state index in [1.54, 1.807) is 18.2 Å². The van der Waals surface area contributed by atoms with Gasteiger partial charge in [0.2, 0.25) is 0 Å². The lowest BCUT2D eigenvalue weighted by Gasteiger charge is -2.14. The van der Waals surface area contributed by atoms with Gasteiger partial charge in [0.15, 0.2) is 0 Å². The Morgan fingerprint density at radius 3 is 2.54 bits per heavy atom. The second-order valence-electron chi connectivity index (χ2n) is 5.71. The van der Waals surface area contributed by atoms with E-state index in [9.17, 15) is 10.1 Å². The number of nitrogens with one attached hydrogen (secondary N) is 2. The second kappa shape index (κ2) is 9.28. The summed E-state index contributed by atoms with van der Waals surface area (Å²) in [7, 11) is 0. The largest absolute Gasteiger partial charge is 0.359 e. The molecule has 0 fully saturated rings. The molecule has 134 valence electrons. The monoisotopic (exact) mass is 387 g/mol. The second-order valence-corrected chi connectivity index (χ2v) is 6.49. The summed E-state index contributed by atoms with van der Waals surface area (Å²) in [6, 6.07) is 14.8. The van der Waals surface area contributed by atoms with Crippen molar-refractivity contribution in [3.63, 3.8) is 0 Å². The van der Waals surface area contributed by atoms with E-state index < -0.39 is 5.91 Å². The van der Waals surface area contributed by atoms with Crippen molar-refractivity contribution in [3.05, 3.63) is 75.4 Å². The maximum atomic E-state index is 12.4. The van der Waals surface area contributed by atoms with Crippen molar-refractivity contribution in [1.82, 2.24) is 5.32 Å². The molecule has 4 nitrogen and oxygen atoms in total. The molecule has 0 saturated heterocycles. The third-order valence-corrected chi connectivity index (χ3v) is 4.74. The summed E-state index contributed by atoms with van der Waals surface area (Å²) in [4.78, 5) is 12.4. The van der Waals surface area contributed by atoms with Gasteiger partial charge >= 0.3 is 0 Å². The standard InChI is InChI=1S/C20H19Cl2N3O/c1-3-14-7-9-15(10-8-14)13(2)25-20(26)16(11-23)12-24-18-6-4-5-17(21)19(18)22/h4-10,12-13,24H,3H2,1-2H3,(H,25,26)/b16-12-. The Labute approximate surface area is 163 Å². The molecule has 0 heterocycles. The third kappa shape index (κ3) is 5.01. The molecule has 6 heteroatoms. The van der Waals surface area contributed by atoms with E-state index >= 15 is 0 Å². The highest BCUT2D eigenvalue weighted by atomic mass is 35.5. The van der Waals surface area contributed by atoms with Crippen LogP contribution in [-0.4, -0.2) is 5.91 Å². The van der Waals surface area contributed by atoms with E-state index in [-0.39, 0.29) is 11.6 Å². The van der Waals surface area contributed by atoms with Gasteiger partial charge in [0.05, 0.1) is 21.8 Å². The zero-order valence-electron chi connectivity index (χ0n) is 14.5. The van der Waals surface area contributed by atoms with Gasteiger partial charge in [-0.3, -0.25) is 4.79 Å². The number of halogens is 2. The van der Waals surface area contributed by atoms with Gasteiger partial charge in [-0.15, -0.1) is 0 Å². The average molecular weight is 388 g/mol. The number of nitrogens with zero attached hydrogens (tertiary/aromatic N) is 1. The molecule has 0 aromatic heterocycles. The summed E-state index contributed by atoms with van der Waals surface area (Å²) in [5.41, 5.74) is 2.66. The molecule has 2 N–H and O–H groups in total. The number of hydrogen-bond acceptors (Lipinski definition) is 3. The van der Waals surface area contributed by atoms with Crippen molar-refractivity contribution in [3.8, 4) is 6.07 Å². The first kappa shape index (κ1) is 19.8. The number of anilines is 1. The molecular formula is C20H19Cl2N3O. The Bertz CT molecular complexity index is 854. The van der Waals surface area contributed by atoms with Crippen LogP contribution in [0.2, 0.25) is 10.0 Å². The molecule has 26 heavy (non-hydrogen) atoms. The number of hydrogen-bond donors (Lipinski definition) is 2. The van der Waals surface area contributed by atoms with Gasteiger partial charge < -0.3 is 10.6 Å². The summed E-state index contributed by atoms with van der Waals surface area (Å²) >= 11 is 12.0. The van der Waals surface area contributed by atoms with Crippen molar-refractivity contribution in [2.24, 2.45) is 0 Å². The van der Waals surface area contributed by atoms with E-state index in [1.807, 2.05) is 37.3 Å². The first-order chi connectivity index (χ1) is 12.5. The summed E-state index contributed by atoms with van der Waals surface area (Å²) in [6.07, 6.45) is 2.28. The lowest BCUT2D eigenvalue weighted by atomic mass is 10.0. The first-order valence-corrected chi connectivity index (χ1v) is 8.92. The number of rotatable bonds is 6. The Balaban J connectivity index is 2.07. The van der Waals surface area contributed by atoms with E-state index in [0.717, 1.165) is 12.0 Å². The number of carbonyl (C=O) groups excluding carboxylic acids is 1. The maximum absolute atomic E-state index is 12.4. The Morgan fingerprint density at radius 2 is 1.92 bits per heavy atom. The number of nitriles is 1. The smallest absolute Gasteiger partial charge is 0.263 e. The summed E-state index contributed by atoms with van der Waals surface area (Å²) in [6.45, 7) is 3.96. The van der Waals surface area contributed by atoms with Crippen molar-refractivity contribution in [2.75, 3.05) is 5.32 Å². The Hall–Kier alpha value is -2.48.